The first-order valence-electron chi connectivity index (χ1n) is 5.63. The number of nitriles is 1. The van der Waals surface area contributed by atoms with Gasteiger partial charge in [-0.05, 0) is 12.1 Å². The van der Waals surface area contributed by atoms with Crippen molar-refractivity contribution >= 4 is 17.4 Å². The van der Waals surface area contributed by atoms with Crippen molar-refractivity contribution in [2.24, 2.45) is 5.92 Å². The normalized spacial score (nSPS) is 14.7. The van der Waals surface area contributed by atoms with Crippen molar-refractivity contribution in [2.45, 2.75) is 13.3 Å². The summed E-state index contributed by atoms with van der Waals surface area (Å²) in [5, 5.41) is 8.97. The minimum atomic E-state index is -0.353. The Morgan fingerprint density at radius 2 is 2.22 bits per heavy atom. The average molecular weight is 266 g/mol. The fraction of sp³-hybridized carbons (Fsp3) is 0.385. The number of ether oxygens (including phenoxy) is 2. The third kappa shape index (κ3) is 2.41. The van der Waals surface area contributed by atoms with E-state index >= 15 is 0 Å². The molecule has 1 aliphatic rings. The highest BCUT2D eigenvalue weighted by Crippen LogP contribution is 2.38. The van der Waals surface area contributed by atoms with E-state index in [1.807, 2.05) is 6.07 Å². The number of hydrogen-bond donors (Lipinski definition) is 0. The maximum absolute atomic E-state index is 12.1. The molecule has 0 fully saturated rings. The molecule has 0 radical (unpaired) electrons. The lowest BCUT2D eigenvalue weighted by atomic mass is 9.96. The molecule has 1 atom stereocenters. The van der Waals surface area contributed by atoms with E-state index in [2.05, 4.69) is 0 Å². The molecule has 2 rings (SSSR count). The van der Waals surface area contributed by atoms with Crippen LogP contribution in [0.15, 0.2) is 12.1 Å². The lowest BCUT2D eigenvalue weighted by Crippen LogP contribution is -2.17. The van der Waals surface area contributed by atoms with Gasteiger partial charge in [0.15, 0.2) is 17.3 Å². The van der Waals surface area contributed by atoms with Crippen molar-refractivity contribution in [3.05, 3.63) is 22.7 Å². The summed E-state index contributed by atoms with van der Waals surface area (Å²) in [7, 11) is 0. The zero-order valence-electron chi connectivity index (χ0n) is 9.90. The van der Waals surface area contributed by atoms with E-state index in [0.29, 0.717) is 35.3 Å². The topological polar surface area (TPSA) is 59.3 Å². The number of rotatable bonds is 3. The van der Waals surface area contributed by atoms with Gasteiger partial charge in [0.2, 0.25) is 0 Å². The zero-order valence-corrected chi connectivity index (χ0v) is 10.7. The molecule has 0 bridgehead atoms. The maximum Gasteiger partial charge on any atom is 0.179 e. The van der Waals surface area contributed by atoms with Gasteiger partial charge in [-0.25, -0.2) is 0 Å². The van der Waals surface area contributed by atoms with Crippen LogP contribution in [0.25, 0.3) is 0 Å². The number of halogens is 1. The summed E-state index contributed by atoms with van der Waals surface area (Å²) in [6.45, 7) is 2.61. The molecule has 0 saturated heterocycles. The van der Waals surface area contributed by atoms with Gasteiger partial charge in [-0.2, -0.15) is 5.26 Å². The quantitative estimate of drug-likeness (QED) is 0.789. The first-order valence-corrected chi connectivity index (χ1v) is 6.01. The molecule has 18 heavy (non-hydrogen) atoms. The smallest absolute Gasteiger partial charge is 0.179 e. The van der Waals surface area contributed by atoms with Gasteiger partial charge in [0, 0.05) is 17.9 Å². The highest BCUT2D eigenvalue weighted by molar-refractivity contribution is 6.32. The molecule has 0 spiro atoms. The van der Waals surface area contributed by atoms with Crippen LogP contribution in [0.4, 0.5) is 0 Å². The van der Waals surface area contributed by atoms with Gasteiger partial charge in [0.05, 0.1) is 11.1 Å². The first-order chi connectivity index (χ1) is 8.63. The average Bonchev–Trinajstić information content (AvgIpc) is 2.38. The van der Waals surface area contributed by atoms with E-state index in [1.54, 1.807) is 19.1 Å². The molecule has 1 aromatic carbocycles. The number of ketones is 1. The molecule has 4 nitrogen and oxygen atoms in total. The third-order valence-corrected chi connectivity index (χ3v) is 3.01. The Morgan fingerprint density at radius 3 is 2.94 bits per heavy atom. The van der Waals surface area contributed by atoms with Crippen molar-refractivity contribution in [1.82, 2.24) is 0 Å². The summed E-state index contributed by atoms with van der Waals surface area (Å²) in [5.74, 6) is 0.498. The van der Waals surface area contributed by atoms with Gasteiger partial charge in [0.25, 0.3) is 0 Å². The lowest BCUT2D eigenvalue weighted by molar-refractivity contribution is 0.0930. The second-order valence-electron chi connectivity index (χ2n) is 4.11. The van der Waals surface area contributed by atoms with E-state index in [0.717, 1.165) is 0 Å². The van der Waals surface area contributed by atoms with Crippen molar-refractivity contribution in [2.75, 3.05) is 13.2 Å². The summed E-state index contributed by atoms with van der Waals surface area (Å²) in [6, 6.07) is 5.17. The SMILES string of the molecule is CC(CC#N)C(=O)c1cc(Cl)c2c(c1)OCCO2. The Balaban J connectivity index is 2.33. The van der Waals surface area contributed by atoms with Gasteiger partial charge in [-0.1, -0.05) is 18.5 Å². The minimum Gasteiger partial charge on any atom is -0.486 e. The Hall–Kier alpha value is -1.73. The Morgan fingerprint density at radius 1 is 1.50 bits per heavy atom. The highest BCUT2D eigenvalue weighted by Gasteiger charge is 2.21. The van der Waals surface area contributed by atoms with Crippen LogP contribution in [-0.4, -0.2) is 19.0 Å². The summed E-state index contributed by atoms with van der Waals surface area (Å²) in [6.07, 6.45) is 0.185. The van der Waals surface area contributed by atoms with Gasteiger partial charge >= 0.3 is 0 Å². The molecule has 1 aromatic rings. The minimum absolute atomic E-state index is 0.115. The van der Waals surface area contributed by atoms with Crippen LogP contribution < -0.4 is 9.47 Å². The monoisotopic (exact) mass is 265 g/mol. The molecule has 1 heterocycles. The number of carbonyl (C=O) groups excluding carboxylic acids is 1. The number of Topliss-reactive ketones (excluding diaryl/α,β-unsaturated/α-hetero) is 1. The van der Waals surface area contributed by atoms with Crippen LogP contribution in [-0.2, 0) is 0 Å². The largest absolute Gasteiger partial charge is 0.486 e. The van der Waals surface area contributed by atoms with Gasteiger partial charge in [-0.3, -0.25) is 4.79 Å². The van der Waals surface area contributed by atoms with E-state index in [-0.39, 0.29) is 18.1 Å². The number of hydrogen-bond acceptors (Lipinski definition) is 4. The van der Waals surface area contributed by atoms with Crippen LogP contribution in [0, 0.1) is 17.2 Å². The van der Waals surface area contributed by atoms with Crippen LogP contribution in [0.3, 0.4) is 0 Å². The van der Waals surface area contributed by atoms with Crippen LogP contribution in [0.2, 0.25) is 5.02 Å². The van der Waals surface area contributed by atoms with E-state index in [4.69, 9.17) is 26.3 Å². The predicted molar refractivity (Wildman–Crippen MR) is 66.2 cm³/mol. The zero-order chi connectivity index (χ0) is 13.1. The standard InChI is InChI=1S/C13H12ClNO3/c1-8(2-3-15)12(16)9-6-10(14)13-11(7-9)17-4-5-18-13/h6-8H,2,4-5H2,1H3. The number of carbonyl (C=O) groups is 1. The summed E-state index contributed by atoms with van der Waals surface area (Å²) in [4.78, 5) is 12.1. The van der Waals surface area contributed by atoms with Crippen LogP contribution >= 0.6 is 11.6 Å². The number of fused-ring (bicyclic) bond motifs is 1. The molecule has 1 unspecified atom stereocenters. The van der Waals surface area contributed by atoms with Gasteiger partial charge in [-0.15, -0.1) is 0 Å². The molecule has 0 saturated carbocycles. The lowest BCUT2D eigenvalue weighted by Gasteiger charge is -2.20. The van der Waals surface area contributed by atoms with Crippen molar-refractivity contribution in [3.63, 3.8) is 0 Å². The Labute approximate surface area is 110 Å². The predicted octanol–water partition coefficient (Wildman–Crippen LogP) is 2.84. The highest BCUT2D eigenvalue weighted by atomic mass is 35.5. The van der Waals surface area contributed by atoms with Crippen molar-refractivity contribution < 1.29 is 14.3 Å². The van der Waals surface area contributed by atoms with Crippen molar-refractivity contribution in [1.29, 1.82) is 5.26 Å². The van der Waals surface area contributed by atoms with E-state index in [1.165, 1.54) is 0 Å². The summed E-state index contributed by atoms with van der Waals surface area (Å²) < 4.78 is 10.8. The molecule has 1 aliphatic heterocycles. The van der Waals surface area contributed by atoms with Gasteiger partial charge < -0.3 is 9.47 Å². The third-order valence-electron chi connectivity index (χ3n) is 2.73. The summed E-state index contributed by atoms with van der Waals surface area (Å²) in [5.41, 5.74) is 0.451. The first kappa shape index (κ1) is 12.7. The van der Waals surface area contributed by atoms with Crippen molar-refractivity contribution in [3.8, 4) is 17.6 Å². The molecule has 94 valence electrons. The number of nitrogens with zero attached hydrogens (tertiary/aromatic N) is 1. The van der Waals surface area contributed by atoms with Gasteiger partial charge in [0.1, 0.15) is 13.2 Å². The van der Waals surface area contributed by atoms with Crippen LogP contribution in [0.5, 0.6) is 11.5 Å². The Kier molecular flexibility index (Phi) is 3.73. The molecular weight excluding hydrogens is 254 g/mol. The fourth-order valence-corrected chi connectivity index (χ4v) is 2.03. The van der Waals surface area contributed by atoms with E-state index in [9.17, 15) is 4.79 Å². The second kappa shape index (κ2) is 5.28. The summed E-state index contributed by atoms with van der Waals surface area (Å²) >= 11 is 6.05. The molecule has 0 amide bonds. The fourth-order valence-electron chi connectivity index (χ4n) is 1.77. The molecular formula is C13H12ClNO3. The molecule has 0 aliphatic carbocycles. The molecule has 5 heteroatoms. The second-order valence-corrected chi connectivity index (χ2v) is 4.52. The maximum atomic E-state index is 12.1. The Bertz CT molecular complexity index is 522. The number of benzene rings is 1. The molecule has 0 N–H and O–H groups in total. The molecule has 0 aromatic heterocycles. The van der Waals surface area contributed by atoms with Crippen LogP contribution in [0.1, 0.15) is 23.7 Å². The van der Waals surface area contributed by atoms with E-state index < -0.39 is 0 Å².